The molecule has 0 spiro atoms. The highest BCUT2D eigenvalue weighted by atomic mass is 19.1. The van der Waals surface area contributed by atoms with Crippen molar-refractivity contribution in [2.45, 2.75) is 0 Å². The third kappa shape index (κ3) is 5.40. The summed E-state index contributed by atoms with van der Waals surface area (Å²) >= 11 is 0. The second-order valence-corrected chi connectivity index (χ2v) is 5.31. The fourth-order valence-electron chi connectivity index (χ4n) is 2.10. The van der Waals surface area contributed by atoms with E-state index in [-0.39, 0.29) is 11.1 Å². The van der Waals surface area contributed by atoms with Gasteiger partial charge in [0.15, 0.2) is 18.1 Å². The summed E-state index contributed by atoms with van der Waals surface area (Å²) in [6.07, 6.45) is 0. The summed E-state index contributed by atoms with van der Waals surface area (Å²) in [7, 11) is 2.84. The molecule has 0 bridgehead atoms. The first-order chi connectivity index (χ1) is 13.3. The van der Waals surface area contributed by atoms with Gasteiger partial charge in [-0.2, -0.15) is 0 Å². The maximum atomic E-state index is 13.1. The van der Waals surface area contributed by atoms with Crippen LogP contribution in [0.4, 0.5) is 8.78 Å². The van der Waals surface area contributed by atoms with Crippen LogP contribution in [0.2, 0.25) is 0 Å². The minimum Gasteiger partial charge on any atom is -0.493 e. The number of hydrazine groups is 1. The Labute approximate surface area is 158 Å². The molecular formula is C18H16F2N2O6. The number of esters is 1. The van der Waals surface area contributed by atoms with E-state index in [9.17, 15) is 23.2 Å². The summed E-state index contributed by atoms with van der Waals surface area (Å²) < 4.78 is 40.9. The van der Waals surface area contributed by atoms with E-state index < -0.39 is 36.0 Å². The molecule has 2 aromatic carbocycles. The number of ether oxygens (including phenoxy) is 3. The first-order valence-corrected chi connectivity index (χ1v) is 7.78. The zero-order chi connectivity index (χ0) is 20.7. The Hall–Kier alpha value is -3.69. The van der Waals surface area contributed by atoms with Crippen LogP contribution in [0.3, 0.4) is 0 Å². The zero-order valence-electron chi connectivity index (χ0n) is 14.9. The van der Waals surface area contributed by atoms with E-state index in [0.717, 1.165) is 12.1 Å². The standard InChI is InChI=1S/C18H16F2N2O6/c1-26-14-4-3-10(7-15(14)27-2)17(24)22-21-16(23)9-28-18(25)11-5-12(19)8-13(20)6-11/h3-8H,9H2,1-2H3,(H,21,23)(H,22,24). The molecule has 2 rings (SSSR count). The molecule has 148 valence electrons. The van der Waals surface area contributed by atoms with Gasteiger partial charge in [0.2, 0.25) is 0 Å². The third-order valence-electron chi connectivity index (χ3n) is 3.39. The highest BCUT2D eigenvalue weighted by molar-refractivity contribution is 5.96. The van der Waals surface area contributed by atoms with Gasteiger partial charge in [0.05, 0.1) is 19.8 Å². The van der Waals surface area contributed by atoms with Crippen molar-refractivity contribution in [1.29, 1.82) is 0 Å². The monoisotopic (exact) mass is 394 g/mol. The molecule has 0 heterocycles. The first kappa shape index (κ1) is 20.6. The minimum atomic E-state index is -1.10. The lowest BCUT2D eigenvalue weighted by Gasteiger charge is -2.11. The summed E-state index contributed by atoms with van der Waals surface area (Å²) in [5.74, 6) is -3.80. The molecule has 0 aliphatic heterocycles. The summed E-state index contributed by atoms with van der Waals surface area (Å²) in [6.45, 7) is -0.775. The van der Waals surface area contributed by atoms with E-state index in [0.29, 0.717) is 17.6 Å². The van der Waals surface area contributed by atoms with E-state index in [1.165, 1.54) is 32.4 Å². The molecule has 2 N–H and O–H groups in total. The van der Waals surface area contributed by atoms with Gasteiger partial charge in [-0.25, -0.2) is 13.6 Å². The normalized spacial score (nSPS) is 10.0. The highest BCUT2D eigenvalue weighted by Crippen LogP contribution is 2.27. The van der Waals surface area contributed by atoms with Crippen molar-refractivity contribution >= 4 is 17.8 Å². The van der Waals surface area contributed by atoms with E-state index >= 15 is 0 Å². The van der Waals surface area contributed by atoms with E-state index in [2.05, 4.69) is 10.2 Å². The van der Waals surface area contributed by atoms with Crippen LogP contribution in [0.5, 0.6) is 11.5 Å². The number of hydrogen-bond donors (Lipinski definition) is 2. The number of nitrogens with one attached hydrogen (secondary N) is 2. The number of methoxy groups -OCH3 is 2. The van der Waals surface area contributed by atoms with Crippen LogP contribution in [0.25, 0.3) is 0 Å². The predicted molar refractivity (Wildman–Crippen MR) is 91.8 cm³/mol. The number of halogens is 2. The van der Waals surface area contributed by atoms with Crippen LogP contribution < -0.4 is 20.3 Å². The molecule has 2 amide bonds. The van der Waals surface area contributed by atoms with Crippen molar-refractivity contribution < 1.29 is 37.4 Å². The second kappa shape index (κ2) is 9.31. The number of amides is 2. The highest BCUT2D eigenvalue weighted by Gasteiger charge is 2.14. The molecule has 2 aromatic rings. The van der Waals surface area contributed by atoms with Crippen molar-refractivity contribution in [3.63, 3.8) is 0 Å². The first-order valence-electron chi connectivity index (χ1n) is 7.78. The van der Waals surface area contributed by atoms with Gasteiger partial charge in [-0.3, -0.25) is 20.4 Å². The van der Waals surface area contributed by atoms with Crippen LogP contribution >= 0.6 is 0 Å². The van der Waals surface area contributed by atoms with Gasteiger partial charge >= 0.3 is 5.97 Å². The molecule has 0 saturated carbocycles. The second-order valence-electron chi connectivity index (χ2n) is 5.31. The van der Waals surface area contributed by atoms with Gasteiger partial charge in [-0.05, 0) is 30.3 Å². The quantitative estimate of drug-likeness (QED) is 0.570. The van der Waals surface area contributed by atoms with Crippen LogP contribution in [-0.2, 0) is 9.53 Å². The van der Waals surface area contributed by atoms with Crippen LogP contribution in [-0.4, -0.2) is 38.6 Å². The molecule has 0 radical (unpaired) electrons. The average molecular weight is 394 g/mol. The number of carbonyl (C=O) groups excluding carboxylic acids is 3. The Morgan fingerprint density at radius 3 is 2.11 bits per heavy atom. The fraction of sp³-hybridized carbons (Fsp3) is 0.167. The molecule has 28 heavy (non-hydrogen) atoms. The predicted octanol–water partition coefficient (Wildman–Crippen LogP) is 1.60. The maximum Gasteiger partial charge on any atom is 0.338 e. The van der Waals surface area contributed by atoms with Gasteiger partial charge in [0, 0.05) is 11.6 Å². The SMILES string of the molecule is COc1ccc(C(=O)NNC(=O)COC(=O)c2cc(F)cc(F)c2)cc1OC. The van der Waals surface area contributed by atoms with Crippen molar-refractivity contribution in [2.75, 3.05) is 20.8 Å². The molecular weight excluding hydrogens is 378 g/mol. The maximum absolute atomic E-state index is 13.1. The van der Waals surface area contributed by atoms with Gasteiger partial charge in [0.25, 0.3) is 11.8 Å². The fourth-order valence-corrected chi connectivity index (χ4v) is 2.10. The third-order valence-corrected chi connectivity index (χ3v) is 3.39. The number of hydrogen-bond acceptors (Lipinski definition) is 6. The Morgan fingerprint density at radius 1 is 0.857 bits per heavy atom. The smallest absolute Gasteiger partial charge is 0.338 e. The Bertz CT molecular complexity index is 883. The van der Waals surface area contributed by atoms with Crippen molar-refractivity contribution in [3.8, 4) is 11.5 Å². The molecule has 0 aliphatic rings. The molecule has 0 saturated heterocycles. The molecule has 8 nitrogen and oxygen atoms in total. The van der Waals surface area contributed by atoms with Crippen LogP contribution in [0, 0.1) is 11.6 Å². The average Bonchev–Trinajstić information content (AvgIpc) is 2.68. The summed E-state index contributed by atoms with van der Waals surface area (Å²) in [5, 5.41) is 0. The van der Waals surface area contributed by atoms with E-state index in [1.54, 1.807) is 0 Å². The zero-order valence-corrected chi connectivity index (χ0v) is 14.9. The van der Waals surface area contributed by atoms with Gasteiger partial charge in [-0.15, -0.1) is 0 Å². The molecule has 0 aromatic heterocycles. The topological polar surface area (TPSA) is 103 Å². The van der Waals surface area contributed by atoms with Gasteiger partial charge < -0.3 is 14.2 Å². The molecule has 0 atom stereocenters. The van der Waals surface area contributed by atoms with Crippen LogP contribution in [0.15, 0.2) is 36.4 Å². The van der Waals surface area contributed by atoms with Crippen molar-refractivity contribution in [2.24, 2.45) is 0 Å². The Morgan fingerprint density at radius 2 is 1.50 bits per heavy atom. The van der Waals surface area contributed by atoms with Crippen LogP contribution in [0.1, 0.15) is 20.7 Å². The van der Waals surface area contributed by atoms with E-state index in [1.807, 2.05) is 5.43 Å². The summed E-state index contributed by atoms with van der Waals surface area (Å²) in [4.78, 5) is 35.4. The van der Waals surface area contributed by atoms with Gasteiger partial charge in [-0.1, -0.05) is 0 Å². The minimum absolute atomic E-state index is 0.171. The van der Waals surface area contributed by atoms with E-state index in [4.69, 9.17) is 9.47 Å². The molecule has 10 heteroatoms. The molecule has 0 fully saturated rings. The molecule has 0 unspecified atom stereocenters. The van der Waals surface area contributed by atoms with Gasteiger partial charge in [0.1, 0.15) is 11.6 Å². The lowest BCUT2D eigenvalue weighted by Crippen LogP contribution is -2.43. The summed E-state index contributed by atoms with van der Waals surface area (Å²) in [6, 6.07) is 6.48. The Balaban J connectivity index is 1.86. The summed E-state index contributed by atoms with van der Waals surface area (Å²) in [5.41, 5.74) is 3.95. The Kier molecular flexibility index (Phi) is 6.85. The number of benzene rings is 2. The lowest BCUT2D eigenvalue weighted by atomic mass is 10.2. The number of rotatable bonds is 6. The van der Waals surface area contributed by atoms with Crippen molar-refractivity contribution in [1.82, 2.24) is 10.9 Å². The van der Waals surface area contributed by atoms with Crippen molar-refractivity contribution in [3.05, 3.63) is 59.2 Å². The number of carbonyl (C=O) groups is 3. The molecule has 0 aliphatic carbocycles. The lowest BCUT2D eigenvalue weighted by molar-refractivity contribution is -0.125. The largest absolute Gasteiger partial charge is 0.493 e.